The van der Waals surface area contributed by atoms with Gasteiger partial charge in [-0.05, 0) is 140 Å². The molecule has 0 bridgehead atoms. The molecular formula is C51H66F2N2O4. The highest BCUT2D eigenvalue weighted by Crippen LogP contribution is 2.38. The van der Waals surface area contributed by atoms with E-state index in [1.54, 1.807) is 30.3 Å². The zero-order valence-corrected chi connectivity index (χ0v) is 36.1. The van der Waals surface area contributed by atoms with Crippen LogP contribution in [-0.2, 0) is 19.4 Å². The number of ether oxygens (including phenoxy) is 3. The van der Waals surface area contributed by atoms with Crippen molar-refractivity contribution in [1.82, 2.24) is 0 Å². The fourth-order valence-electron chi connectivity index (χ4n) is 6.59. The number of rotatable bonds is 21. The van der Waals surface area contributed by atoms with E-state index in [0.29, 0.717) is 44.2 Å². The molecule has 0 unspecified atom stereocenters. The molecule has 0 atom stereocenters. The second-order valence-corrected chi connectivity index (χ2v) is 16.8. The highest BCUT2D eigenvalue weighted by atomic mass is 19.1. The molecule has 8 heteroatoms. The van der Waals surface area contributed by atoms with Crippen molar-refractivity contribution in [3.63, 3.8) is 0 Å². The molecule has 5 aromatic carbocycles. The van der Waals surface area contributed by atoms with Crippen molar-refractivity contribution < 1.29 is 28.1 Å². The van der Waals surface area contributed by atoms with Crippen molar-refractivity contribution >= 4 is 0 Å². The minimum absolute atomic E-state index is 0.146. The standard InChI is InChI=1S/C29H36FNO2.C22H30FNO2/c1-4-23-18-26(24-12-14-25(30)15-13-24)28(33-20-22-10-6-5-7-11-22)19-27(23)32-17-9-8-16-29(2,3)21-31;1-4-16-13-19(17-7-9-18(23)10-8-17)20(25)14-21(16)26-12-6-5-11-22(2,3)15-24/h5-7,10-15,18-19H,4,8-9,16-17,20-21,31H2,1-3H3;7-10,13-14,25H,4-6,11-12,15,24H2,1-3H3. The van der Waals surface area contributed by atoms with E-state index in [2.05, 4.69) is 47.6 Å². The van der Waals surface area contributed by atoms with Crippen LogP contribution in [0, 0.1) is 22.5 Å². The maximum Gasteiger partial charge on any atom is 0.131 e. The molecule has 0 saturated heterocycles. The number of aryl methyl sites for hydroxylation is 2. The normalized spacial score (nSPS) is 11.5. The number of aromatic hydroxyl groups is 1. The Morgan fingerprint density at radius 1 is 0.542 bits per heavy atom. The Labute approximate surface area is 351 Å². The van der Waals surface area contributed by atoms with Crippen LogP contribution < -0.4 is 25.7 Å². The fourth-order valence-corrected chi connectivity index (χ4v) is 6.59. The summed E-state index contributed by atoms with van der Waals surface area (Å²) in [5.41, 5.74) is 18.5. The molecule has 6 nitrogen and oxygen atoms in total. The van der Waals surface area contributed by atoms with Gasteiger partial charge in [-0.2, -0.15) is 0 Å². The summed E-state index contributed by atoms with van der Waals surface area (Å²) in [6, 6.07) is 30.4. The van der Waals surface area contributed by atoms with Gasteiger partial charge >= 0.3 is 0 Å². The fraction of sp³-hybridized carbons (Fsp3) is 0.412. The molecule has 0 amide bonds. The van der Waals surface area contributed by atoms with Gasteiger partial charge in [-0.15, -0.1) is 0 Å². The summed E-state index contributed by atoms with van der Waals surface area (Å²) < 4.78 is 45.0. The van der Waals surface area contributed by atoms with Crippen LogP contribution in [-0.4, -0.2) is 31.4 Å². The first-order valence-corrected chi connectivity index (χ1v) is 21.1. The topological polar surface area (TPSA) is 100.0 Å². The Hall–Kier alpha value is -4.92. The van der Waals surface area contributed by atoms with E-state index in [9.17, 15) is 13.9 Å². The first kappa shape index (κ1) is 46.8. The third-order valence-electron chi connectivity index (χ3n) is 10.8. The van der Waals surface area contributed by atoms with E-state index in [0.717, 1.165) is 96.2 Å². The number of benzene rings is 5. The van der Waals surface area contributed by atoms with Gasteiger partial charge in [0.2, 0.25) is 0 Å². The number of phenolic OH excluding ortho intramolecular Hbond substituents is 1. The predicted octanol–water partition coefficient (Wildman–Crippen LogP) is 12.5. The molecule has 5 aromatic rings. The van der Waals surface area contributed by atoms with Gasteiger partial charge in [0.25, 0.3) is 0 Å². The summed E-state index contributed by atoms with van der Waals surface area (Å²) in [4.78, 5) is 0. The summed E-state index contributed by atoms with van der Waals surface area (Å²) in [5, 5.41) is 10.4. The highest BCUT2D eigenvalue weighted by molar-refractivity contribution is 5.74. The molecule has 0 spiro atoms. The molecule has 0 aliphatic heterocycles. The molecule has 59 heavy (non-hydrogen) atoms. The predicted molar refractivity (Wildman–Crippen MR) is 239 cm³/mol. The van der Waals surface area contributed by atoms with Crippen LogP contribution in [0.5, 0.6) is 23.0 Å². The van der Waals surface area contributed by atoms with Gasteiger partial charge in [0.05, 0.1) is 13.2 Å². The van der Waals surface area contributed by atoms with E-state index < -0.39 is 0 Å². The Morgan fingerprint density at radius 2 is 1.00 bits per heavy atom. The third kappa shape index (κ3) is 15.0. The van der Waals surface area contributed by atoms with E-state index in [4.69, 9.17) is 25.7 Å². The van der Waals surface area contributed by atoms with E-state index in [1.807, 2.05) is 42.5 Å². The van der Waals surface area contributed by atoms with Crippen LogP contribution in [0.4, 0.5) is 8.78 Å². The molecule has 5 N–H and O–H groups in total. The zero-order valence-electron chi connectivity index (χ0n) is 36.1. The lowest BCUT2D eigenvalue weighted by Gasteiger charge is -2.22. The molecule has 5 rings (SSSR count). The summed E-state index contributed by atoms with van der Waals surface area (Å²) in [7, 11) is 0. The molecule has 318 valence electrons. The van der Waals surface area contributed by atoms with E-state index >= 15 is 0 Å². The van der Waals surface area contributed by atoms with E-state index in [-0.39, 0.29) is 28.2 Å². The largest absolute Gasteiger partial charge is 0.507 e. The first-order chi connectivity index (χ1) is 28.3. The average Bonchev–Trinajstić information content (AvgIpc) is 3.24. The average molecular weight is 809 g/mol. The van der Waals surface area contributed by atoms with Crippen molar-refractivity contribution in [3.8, 4) is 45.3 Å². The van der Waals surface area contributed by atoms with Gasteiger partial charge < -0.3 is 30.8 Å². The summed E-state index contributed by atoms with van der Waals surface area (Å²) in [6.07, 6.45) is 7.86. The van der Waals surface area contributed by atoms with Crippen molar-refractivity contribution in [1.29, 1.82) is 0 Å². The Kier molecular flexibility index (Phi) is 18.2. The van der Waals surface area contributed by atoms with Crippen LogP contribution >= 0.6 is 0 Å². The molecule has 0 aliphatic carbocycles. The lowest BCUT2D eigenvalue weighted by Crippen LogP contribution is -2.23. The van der Waals surface area contributed by atoms with Gasteiger partial charge in [-0.1, -0.05) is 96.1 Å². The number of halogens is 2. The minimum atomic E-state index is -0.290. The van der Waals surface area contributed by atoms with Gasteiger partial charge in [-0.25, -0.2) is 8.78 Å². The molecule has 0 fully saturated rings. The minimum Gasteiger partial charge on any atom is -0.507 e. The SMILES string of the molecule is CCc1cc(-c2ccc(F)cc2)c(O)cc1OCCCCC(C)(C)CN.CCc1cc(-c2ccc(F)cc2)c(OCc2ccccc2)cc1OCCCCC(C)(C)CN. The molecule has 0 aliphatic rings. The maximum absolute atomic E-state index is 13.5. The Balaban J connectivity index is 0.000000268. The number of phenols is 1. The second-order valence-electron chi connectivity index (χ2n) is 16.8. The van der Waals surface area contributed by atoms with Gasteiger partial charge in [0.1, 0.15) is 41.2 Å². The Bertz CT molecular complexity index is 2000. The van der Waals surface area contributed by atoms with Crippen LogP contribution in [0.15, 0.2) is 103 Å². The number of hydrogen-bond donors (Lipinski definition) is 3. The highest BCUT2D eigenvalue weighted by Gasteiger charge is 2.18. The van der Waals surface area contributed by atoms with Crippen molar-refractivity contribution in [3.05, 3.63) is 131 Å². The molecule has 0 heterocycles. The van der Waals surface area contributed by atoms with Crippen LogP contribution in [0.1, 0.15) is 96.8 Å². The summed E-state index contributed by atoms with van der Waals surface area (Å²) >= 11 is 0. The second kappa shape index (κ2) is 23.0. The van der Waals surface area contributed by atoms with Crippen molar-refractivity contribution in [2.45, 2.75) is 99.5 Å². The number of nitrogens with two attached hydrogens (primary N) is 2. The number of unbranched alkanes of at least 4 members (excludes halogenated alkanes) is 2. The van der Waals surface area contributed by atoms with E-state index in [1.165, 1.54) is 24.3 Å². The number of hydrogen-bond acceptors (Lipinski definition) is 6. The summed E-state index contributed by atoms with van der Waals surface area (Å²) in [6.45, 7) is 16.0. The zero-order chi connectivity index (χ0) is 42.8. The first-order valence-electron chi connectivity index (χ1n) is 21.1. The van der Waals surface area contributed by atoms with Crippen LogP contribution in [0.25, 0.3) is 22.3 Å². The lowest BCUT2D eigenvalue weighted by atomic mass is 9.87. The van der Waals surface area contributed by atoms with Crippen molar-refractivity contribution in [2.75, 3.05) is 26.3 Å². The van der Waals surface area contributed by atoms with Crippen LogP contribution in [0.2, 0.25) is 0 Å². The van der Waals surface area contributed by atoms with Gasteiger partial charge in [0.15, 0.2) is 0 Å². The molecule has 0 radical (unpaired) electrons. The summed E-state index contributed by atoms with van der Waals surface area (Å²) in [5.74, 6) is 1.91. The quantitative estimate of drug-likeness (QED) is 0.0639. The van der Waals surface area contributed by atoms with Gasteiger partial charge in [0, 0.05) is 23.3 Å². The van der Waals surface area contributed by atoms with Crippen LogP contribution in [0.3, 0.4) is 0 Å². The molecule has 0 aromatic heterocycles. The Morgan fingerprint density at radius 3 is 1.47 bits per heavy atom. The molecular weight excluding hydrogens is 743 g/mol. The lowest BCUT2D eigenvalue weighted by molar-refractivity contribution is 0.273. The smallest absolute Gasteiger partial charge is 0.131 e. The maximum atomic E-state index is 13.5. The van der Waals surface area contributed by atoms with Crippen molar-refractivity contribution in [2.24, 2.45) is 22.3 Å². The monoisotopic (exact) mass is 808 g/mol. The third-order valence-corrected chi connectivity index (χ3v) is 10.8. The van der Waals surface area contributed by atoms with Gasteiger partial charge in [-0.3, -0.25) is 0 Å². The molecule has 0 saturated carbocycles.